The minimum atomic E-state index is -0.367. The molecule has 0 bridgehead atoms. The van der Waals surface area contributed by atoms with Gasteiger partial charge in [-0.05, 0) is 35.4 Å². The lowest BCUT2D eigenvalue weighted by molar-refractivity contribution is -0.127. The number of phenolic OH excluding ortho intramolecular Hbond substituents is 1. The number of hydrogen-bond donors (Lipinski definition) is 1. The van der Waals surface area contributed by atoms with Crippen LogP contribution < -0.4 is 0 Å². The molecule has 1 aliphatic heterocycles. The standard InChI is InChI=1S/C24H19ClN2O2/c25-19-13-10-17(11-14-19)12-15-24(29)27-22(20-8-4-5-9-23(20)28)16-21(26-27)18-6-2-1-3-7-18/h1-15,22,28H,16H2/b15-12+/t22-/m1/s1. The van der Waals surface area contributed by atoms with Crippen LogP contribution in [0.25, 0.3) is 6.08 Å². The SMILES string of the molecule is O=C(/C=C/c1ccc(Cl)cc1)N1N=C(c2ccccc2)C[C@@H]1c1ccccc1O. The Balaban J connectivity index is 1.65. The first-order valence-electron chi connectivity index (χ1n) is 9.29. The molecule has 4 nitrogen and oxygen atoms in total. The first-order valence-corrected chi connectivity index (χ1v) is 9.67. The van der Waals surface area contributed by atoms with Crippen molar-refractivity contribution in [1.29, 1.82) is 0 Å². The lowest BCUT2D eigenvalue weighted by Crippen LogP contribution is -2.25. The van der Waals surface area contributed by atoms with Crippen LogP contribution in [0.4, 0.5) is 0 Å². The second-order valence-corrected chi connectivity index (χ2v) is 7.20. The number of benzene rings is 3. The summed E-state index contributed by atoms with van der Waals surface area (Å²) >= 11 is 5.91. The van der Waals surface area contributed by atoms with Crippen LogP contribution in [0.3, 0.4) is 0 Å². The molecule has 3 aromatic rings. The quantitative estimate of drug-likeness (QED) is 0.591. The molecule has 0 spiro atoms. The molecule has 0 saturated heterocycles. The number of nitrogens with zero attached hydrogens (tertiary/aromatic N) is 2. The molecular formula is C24H19ClN2O2. The maximum absolute atomic E-state index is 13.0. The van der Waals surface area contributed by atoms with E-state index in [1.807, 2.05) is 54.6 Å². The van der Waals surface area contributed by atoms with Crippen molar-refractivity contribution in [2.24, 2.45) is 5.10 Å². The third-order valence-electron chi connectivity index (χ3n) is 4.83. The number of amides is 1. The fourth-order valence-corrected chi connectivity index (χ4v) is 3.47. The van der Waals surface area contributed by atoms with Gasteiger partial charge in [0.2, 0.25) is 0 Å². The van der Waals surface area contributed by atoms with E-state index in [9.17, 15) is 9.90 Å². The van der Waals surface area contributed by atoms with Gasteiger partial charge in [0.25, 0.3) is 5.91 Å². The Hall–Kier alpha value is -3.37. The molecule has 0 fully saturated rings. The molecule has 29 heavy (non-hydrogen) atoms. The van der Waals surface area contributed by atoms with Crippen LogP contribution in [-0.4, -0.2) is 21.7 Å². The Labute approximate surface area is 174 Å². The number of phenols is 1. The number of carbonyl (C=O) groups excluding carboxylic acids is 1. The summed E-state index contributed by atoms with van der Waals surface area (Å²) < 4.78 is 0. The number of hydrazone groups is 1. The zero-order chi connectivity index (χ0) is 20.2. The van der Waals surface area contributed by atoms with E-state index in [-0.39, 0.29) is 17.7 Å². The number of halogens is 1. The molecule has 1 aliphatic rings. The first kappa shape index (κ1) is 19.0. The van der Waals surface area contributed by atoms with Crippen molar-refractivity contribution in [2.75, 3.05) is 0 Å². The molecule has 0 saturated carbocycles. The number of rotatable bonds is 4. The summed E-state index contributed by atoms with van der Waals surface area (Å²) in [7, 11) is 0. The zero-order valence-corrected chi connectivity index (χ0v) is 16.3. The Morgan fingerprint density at radius 2 is 1.69 bits per heavy atom. The smallest absolute Gasteiger partial charge is 0.267 e. The maximum atomic E-state index is 13.0. The van der Waals surface area contributed by atoms with Gasteiger partial charge in [-0.2, -0.15) is 5.10 Å². The van der Waals surface area contributed by atoms with Crippen LogP contribution in [0.1, 0.15) is 29.2 Å². The van der Waals surface area contributed by atoms with Crippen molar-refractivity contribution in [3.63, 3.8) is 0 Å². The zero-order valence-electron chi connectivity index (χ0n) is 15.6. The Kier molecular flexibility index (Phi) is 5.45. The van der Waals surface area contributed by atoms with Crippen LogP contribution in [0.2, 0.25) is 5.02 Å². The average Bonchev–Trinajstić information content (AvgIpc) is 3.19. The molecule has 0 radical (unpaired) electrons. The average molecular weight is 403 g/mol. The largest absolute Gasteiger partial charge is 0.508 e. The first-order chi connectivity index (χ1) is 14.1. The van der Waals surface area contributed by atoms with E-state index < -0.39 is 0 Å². The second-order valence-electron chi connectivity index (χ2n) is 6.76. The van der Waals surface area contributed by atoms with Gasteiger partial charge < -0.3 is 5.11 Å². The molecule has 5 heteroatoms. The molecule has 1 heterocycles. The number of para-hydroxylation sites is 1. The van der Waals surface area contributed by atoms with E-state index in [1.165, 1.54) is 11.1 Å². The van der Waals surface area contributed by atoms with E-state index in [0.717, 1.165) is 16.8 Å². The minimum Gasteiger partial charge on any atom is -0.508 e. The fourth-order valence-electron chi connectivity index (χ4n) is 3.35. The maximum Gasteiger partial charge on any atom is 0.267 e. The molecule has 1 N–H and O–H groups in total. The molecule has 0 aliphatic carbocycles. The van der Waals surface area contributed by atoms with E-state index in [0.29, 0.717) is 17.0 Å². The predicted molar refractivity (Wildman–Crippen MR) is 116 cm³/mol. The summed E-state index contributed by atoms with van der Waals surface area (Å²) in [6, 6.07) is 23.7. The highest BCUT2D eigenvalue weighted by molar-refractivity contribution is 6.30. The van der Waals surface area contributed by atoms with Crippen LogP contribution >= 0.6 is 11.6 Å². The Bertz CT molecular complexity index is 1080. The lowest BCUT2D eigenvalue weighted by atomic mass is 9.97. The van der Waals surface area contributed by atoms with Crippen molar-refractivity contribution in [3.8, 4) is 5.75 Å². The second kappa shape index (κ2) is 8.33. The molecular weight excluding hydrogens is 384 g/mol. The minimum absolute atomic E-state index is 0.154. The summed E-state index contributed by atoms with van der Waals surface area (Å²) in [6.45, 7) is 0. The third kappa shape index (κ3) is 4.23. The van der Waals surface area contributed by atoms with Crippen molar-refractivity contribution >= 4 is 29.3 Å². The summed E-state index contributed by atoms with van der Waals surface area (Å²) in [4.78, 5) is 13.0. The van der Waals surface area contributed by atoms with Crippen molar-refractivity contribution in [3.05, 3.63) is 107 Å². The topological polar surface area (TPSA) is 52.9 Å². The van der Waals surface area contributed by atoms with E-state index in [2.05, 4.69) is 5.10 Å². The number of hydrogen-bond acceptors (Lipinski definition) is 3. The van der Waals surface area contributed by atoms with Crippen LogP contribution in [0.15, 0.2) is 90.0 Å². The van der Waals surface area contributed by atoms with Crippen LogP contribution in [0.5, 0.6) is 5.75 Å². The monoisotopic (exact) mass is 402 g/mol. The number of carbonyl (C=O) groups is 1. The van der Waals surface area contributed by atoms with Gasteiger partial charge in [0, 0.05) is 23.1 Å². The molecule has 1 atom stereocenters. The van der Waals surface area contributed by atoms with Gasteiger partial charge >= 0.3 is 0 Å². The predicted octanol–water partition coefficient (Wildman–Crippen LogP) is 5.44. The Morgan fingerprint density at radius 3 is 2.41 bits per heavy atom. The van der Waals surface area contributed by atoms with E-state index in [1.54, 1.807) is 30.3 Å². The van der Waals surface area contributed by atoms with Crippen molar-refractivity contribution in [2.45, 2.75) is 12.5 Å². The molecule has 0 unspecified atom stereocenters. The fraction of sp³-hybridized carbons (Fsp3) is 0.0833. The third-order valence-corrected chi connectivity index (χ3v) is 5.08. The van der Waals surface area contributed by atoms with Gasteiger partial charge in [0.05, 0.1) is 11.8 Å². The highest BCUT2D eigenvalue weighted by Crippen LogP contribution is 2.37. The Morgan fingerprint density at radius 1 is 1.00 bits per heavy atom. The van der Waals surface area contributed by atoms with Gasteiger partial charge in [0.1, 0.15) is 5.75 Å². The van der Waals surface area contributed by atoms with Gasteiger partial charge in [0.15, 0.2) is 0 Å². The summed E-state index contributed by atoms with van der Waals surface area (Å²) in [5.74, 6) is -0.0966. The highest BCUT2D eigenvalue weighted by Gasteiger charge is 2.33. The van der Waals surface area contributed by atoms with Gasteiger partial charge in [-0.25, -0.2) is 5.01 Å². The summed E-state index contributed by atoms with van der Waals surface area (Å²) in [6.07, 6.45) is 3.76. The van der Waals surface area contributed by atoms with Crippen LogP contribution in [-0.2, 0) is 4.79 Å². The lowest BCUT2D eigenvalue weighted by Gasteiger charge is -2.21. The van der Waals surface area contributed by atoms with Gasteiger partial charge in [-0.3, -0.25) is 4.79 Å². The molecule has 0 aromatic heterocycles. The molecule has 3 aromatic carbocycles. The van der Waals surface area contributed by atoms with Crippen molar-refractivity contribution < 1.29 is 9.90 Å². The number of aromatic hydroxyl groups is 1. The summed E-state index contributed by atoms with van der Waals surface area (Å²) in [5.41, 5.74) is 3.32. The van der Waals surface area contributed by atoms with Gasteiger partial charge in [-0.1, -0.05) is 72.3 Å². The van der Waals surface area contributed by atoms with Gasteiger partial charge in [-0.15, -0.1) is 0 Å². The summed E-state index contributed by atoms with van der Waals surface area (Å²) in [5, 5.41) is 17.0. The van der Waals surface area contributed by atoms with E-state index >= 15 is 0 Å². The normalized spacial score (nSPS) is 16.2. The van der Waals surface area contributed by atoms with Crippen molar-refractivity contribution in [1.82, 2.24) is 5.01 Å². The van der Waals surface area contributed by atoms with E-state index in [4.69, 9.17) is 11.6 Å². The molecule has 1 amide bonds. The highest BCUT2D eigenvalue weighted by atomic mass is 35.5. The molecule has 144 valence electrons. The molecule has 4 rings (SSSR count). The van der Waals surface area contributed by atoms with Crippen LogP contribution in [0, 0.1) is 0 Å².